The average molecular weight is 724 g/mol. The van der Waals surface area contributed by atoms with Crippen molar-refractivity contribution in [3.63, 3.8) is 0 Å². The molecule has 5 aliphatic rings. The van der Waals surface area contributed by atoms with Gasteiger partial charge in [-0.1, -0.05) is 12.2 Å². The van der Waals surface area contributed by atoms with Crippen LogP contribution < -0.4 is 20.3 Å². The Kier molecular flexibility index (Phi) is 10.1. The Hall–Kier alpha value is -3.82. The van der Waals surface area contributed by atoms with Gasteiger partial charge in [-0.05, 0) is 88.8 Å². The smallest absolute Gasteiger partial charge is 0.416 e. The molecule has 3 N–H and O–H groups in total. The van der Waals surface area contributed by atoms with Crippen LogP contribution in [0.5, 0.6) is 0 Å². The Morgan fingerprint density at radius 3 is 2.40 bits per heavy atom. The lowest BCUT2D eigenvalue weighted by Gasteiger charge is -2.31. The first kappa shape index (κ1) is 36.0. The molecular weight excluding hydrogens is 679 g/mol. The van der Waals surface area contributed by atoms with Gasteiger partial charge in [0.05, 0.1) is 34.0 Å². The van der Waals surface area contributed by atoms with Gasteiger partial charge in [0.2, 0.25) is 21.8 Å². The highest BCUT2D eigenvalue weighted by Crippen LogP contribution is 2.47. The van der Waals surface area contributed by atoms with Gasteiger partial charge in [0.25, 0.3) is 5.91 Å². The Labute approximate surface area is 289 Å². The van der Waals surface area contributed by atoms with Crippen LogP contribution in [0.3, 0.4) is 0 Å². The van der Waals surface area contributed by atoms with Crippen LogP contribution in [0.2, 0.25) is 0 Å². The SMILES string of the molecule is CN1CCCCC=C[C@@H]2C[C@@]2(C(=O)NS(=O)(=O)C2CC2)NC(=O)[C@@H]2C[C@@H](OC(=O)Nc3cc(C(F)(F)F)ccc3N3CCCCC3)C[C@H]2C1=O. The number of sulfonamides is 1. The lowest BCUT2D eigenvalue weighted by atomic mass is 9.93. The molecule has 2 aliphatic heterocycles. The van der Waals surface area contributed by atoms with Crippen molar-refractivity contribution >= 4 is 45.2 Å². The van der Waals surface area contributed by atoms with E-state index in [9.17, 15) is 40.8 Å². The Balaban J connectivity index is 1.21. The van der Waals surface area contributed by atoms with Crippen molar-refractivity contribution in [2.75, 3.05) is 36.9 Å². The second-order valence-electron chi connectivity index (χ2n) is 14.2. The van der Waals surface area contributed by atoms with Crippen LogP contribution in [-0.2, 0) is 35.3 Å². The number of nitrogens with zero attached hydrogens (tertiary/aromatic N) is 2. The second kappa shape index (κ2) is 14.1. The maximum Gasteiger partial charge on any atom is 0.416 e. The number of hydrogen-bond donors (Lipinski definition) is 3. The van der Waals surface area contributed by atoms with E-state index in [0.29, 0.717) is 51.0 Å². The highest BCUT2D eigenvalue weighted by Gasteiger charge is 2.62. The van der Waals surface area contributed by atoms with Crippen LogP contribution in [0.25, 0.3) is 0 Å². The molecule has 1 saturated heterocycles. The van der Waals surface area contributed by atoms with E-state index in [1.54, 1.807) is 7.05 Å². The minimum absolute atomic E-state index is 0.0190. The van der Waals surface area contributed by atoms with Gasteiger partial charge in [0.15, 0.2) is 0 Å². The summed E-state index contributed by atoms with van der Waals surface area (Å²) in [5.74, 6) is -4.17. The summed E-state index contributed by atoms with van der Waals surface area (Å²) in [5, 5.41) is 4.63. The Morgan fingerprint density at radius 1 is 1.00 bits per heavy atom. The molecule has 3 saturated carbocycles. The molecule has 0 unspecified atom stereocenters. The Bertz CT molecular complexity index is 1640. The summed E-state index contributed by atoms with van der Waals surface area (Å²) in [7, 11) is -2.27. The fraction of sp³-hybridized carbons (Fsp3) is 0.647. The minimum atomic E-state index is -4.64. The highest BCUT2D eigenvalue weighted by molar-refractivity contribution is 7.91. The zero-order valence-corrected chi connectivity index (χ0v) is 28.8. The van der Waals surface area contributed by atoms with Crippen LogP contribution in [0.4, 0.5) is 29.3 Å². The number of hydrogen-bond acceptors (Lipinski definition) is 8. The molecule has 274 valence electrons. The molecule has 12 nitrogen and oxygen atoms in total. The number of nitrogens with one attached hydrogen (secondary N) is 3. The van der Waals surface area contributed by atoms with Crippen LogP contribution in [0, 0.1) is 17.8 Å². The number of ether oxygens (including phenoxy) is 1. The molecule has 3 aliphatic carbocycles. The maximum atomic E-state index is 13.9. The molecule has 2 heterocycles. The fourth-order valence-electron chi connectivity index (χ4n) is 7.41. The topological polar surface area (TPSA) is 154 Å². The van der Waals surface area contributed by atoms with Gasteiger partial charge >= 0.3 is 12.3 Å². The summed E-state index contributed by atoms with van der Waals surface area (Å²) >= 11 is 0. The van der Waals surface area contributed by atoms with E-state index in [-0.39, 0.29) is 30.9 Å². The molecule has 0 spiro atoms. The summed E-state index contributed by atoms with van der Waals surface area (Å²) in [5.41, 5.74) is -2.06. The first-order valence-corrected chi connectivity index (χ1v) is 19.0. The summed E-state index contributed by atoms with van der Waals surface area (Å²) in [6.07, 6.45) is 2.94. The standard InChI is InChI=1S/C34H44F3N5O7S/c1-41-14-6-3-2-5-9-22-20-33(22,31(45)40-50(47,48)24-11-12-24)39-29(43)25-18-23(19-26(25)30(41)44)49-32(46)38-27-17-21(34(35,36)37)10-13-28(27)42-15-7-4-8-16-42/h5,9-10,13,17,22-26H,2-4,6-8,11-12,14-16,18-20H2,1H3,(H,38,46)(H,39,43)(H,40,45)/t22-,23-,25-,26-,33-/m1/s1. The number of allylic oxidation sites excluding steroid dienone is 1. The van der Waals surface area contributed by atoms with Gasteiger partial charge in [-0.3, -0.25) is 24.4 Å². The monoisotopic (exact) mass is 723 g/mol. The third kappa shape index (κ3) is 7.89. The van der Waals surface area contributed by atoms with Crippen molar-refractivity contribution in [3.8, 4) is 0 Å². The predicted molar refractivity (Wildman–Crippen MR) is 177 cm³/mol. The van der Waals surface area contributed by atoms with Crippen molar-refractivity contribution in [3.05, 3.63) is 35.9 Å². The number of piperidine rings is 1. The summed E-state index contributed by atoms with van der Waals surface area (Å²) in [6.45, 7) is 1.68. The fourth-order valence-corrected chi connectivity index (χ4v) is 8.77. The van der Waals surface area contributed by atoms with Gasteiger partial charge in [-0.2, -0.15) is 13.2 Å². The zero-order valence-electron chi connectivity index (χ0n) is 28.0. The lowest BCUT2D eigenvalue weighted by molar-refractivity contribution is -0.140. The average Bonchev–Trinajstić information content (AvgIpc) is 3.99. The summed E-state index contributed by atoms with van der Waals surface area (Å²) in [6, 6.07) is 3.19. The largest absolute Gasteiger partial charge is 0.446 e. The molecule has 1 aromatic carbocycles. The molecule has 0 aromatic heterocycles. The van der Waals surface area contributed by atoms with Crippen molar-refractivity contribution in [1.29, 1.82) is 0 Å². The number of rotatable bonds is 6. The first-order valence-electron chi connectivity index (χ1n) is 17.4. The third-order valence-corrected chi connectivity index (χ3v) is 12.3. The van der Waals surface area contributed by atoms with Crippen molar-refractivity contribution in [2.24, 2.45) is 17.8 Å². The molecule has 50 heavy (non-hydrogen) atoms. The van der Waals surface area contributed by atoms with Gasteiger partial charge < -0.3 is 19.9 Å². The number of carbonyl (C=O) groups is 4. The zero-order chi connectivity index (χ0) is 35.8. The van der Waals surface area contributed by atoms with E-state index in [1.807, 2.05) is 17.1 Å². The number of alkyl halides is 3. The van der Waals surface area contributed by atoms with E-state index < -0.39 is 74.3 Å². The van der Waals surface area contributed by atoms with Gasteiger partial charge in [-0.25, -0.2) is 13.2 Å². The molecule has 4 fully saturated rings. The summed E-state index contributed by atoms with van der Waals surface area (Å²) in [4.78, 5) is 57.8. The number of amides is 4. The summed E-state index contributed by atoms with van der Waals surface area (Å²) < 4.78 is 74.0. The van der Waals surface area contributed by atoms with Gasteiger partial charge in [0.1, 0.15) is 11.6 Å². The molecule has 16 heteroatoms. The highest BCUT2D eigenvalue weighted by atomic mass is 32.2. The Morgan fingerprint density at radius 2 is 1.70 bits per heavy atom. The molecule has 1 aromatic rings. The molecule has 6 rings (SSSR count). The number of benzene rings is 1. The normalized spacial score (nSPS) is 29.3. The molecule has 4 amide bonds. The van der Waals surface area contributed by atoms with Crippen molar-refractivity contribution < 1.29 is 45.5 Å². The number of anilines is 2. The van der Waals surface area contributed by atoms with E-state index in [2.05, 4.69) is 15.4 Å². The van der Waals surface area contributed by atoms with E-state index in [4.69, 9.17) is 4.74 Å². The molecular formula is C34H44F3N5O7S. The molecule has 0 bridgehead atoms. The van der Waals surface area contributed by atoms with E-state index in [0.717, 1.165) is 37.8 Å². The lowest BCUT2D eigenvalue weighted by Crippen LogP contribution is -2.54. The second-order valence-corrected chi connectivity index (χ2v) is 16.2. The first-order chi connectivity index (χ1) is 23.7. The number of carbonyl (C=O) groups excluding carboxylic acids is 4. The predicted octanol–water partition coefficient (Wildman–Crippen LogP) is 4.32. The van der Waals surface area contributed by atoms with E-state index in [1.165, 1.54) is 11.0 Å². The number of halogens is 3. The molecule has 0 radical (unpaired) electrons. The van der Waals surface area contributed by atoms with Crippen LogP contribution in [0.15, 0.2) is 30.4 Å². The third-order valence-electron chi connectivity index (χ3n) is 10.5. The van der Waals surface area contributed by atoms with Crippen LogP contribution >= 0.6 is 0 Å². The van der Waals surface area contributed by atoms with Crippen LogP contribution in [0.1, 0.15) is 76.2 Å². The minimum Gasteiger partial charge on any atom is -0.446 e. The molecule has 5 atom stereocenters. The quantitative estimate of drug-likeness (QED) is 0.367. The van der Waals surface area contributed by atoms with Crippen molar-refractivity contribution in [1.82, 2.24) is 14.9 Å². The maximum absolute atomic E-state index is 13.9. The van der Waals surface area contributed by atoms with E-state index >= 15 is 0 Å². The van der Waals surface area contributed by atoms with Crippen LogP contribution in [-0.4, -0.2) is 80.7 Å². The van der Waals surface area contributed by atoms with Gasteiger partial charge in [0, 0.05) is 32.6 Å². The van der Waals surface area contributed by atoms with Crippen molar-refractivity contribution in [2.45, 2.75) is 93.7 Å². The number of fused-ring (bicyclic) bond motifs is 2. The van der Waals surface area contributed by atoms with Gasteiger partial charge in [-0.15, -0.1) is 0 Å².